The lowest BCUT2D eigenvalue weighted by Gasteiger charge is -2.31. The Hall–Kier alpha value is -3.19. The molecule has 1 fully saturated rings. The van der Waals surface area contributed by atoms with Gasteiger partial charge >= 0.3 is 0 Å². The Kier molecular flexibility index (Phi) is 7.63. The molecule has 1 aromatic carbocycles. The van der Waals surface area contributed by atoms with Crippen molar-refractivity contribution in [1.29, 1.82) is 0 Å². The van der Waals surface area contributed by atoms with Crippen LogP contribution in [0.15, 0.2) is 43.0 Å². The van der Waals surface area contributed by atoms with E-state index in [2.05, 4.69) is 48.0 Å². The Balaban J connectivity index is 1.41. The van der Waals surface area contributed by atoms with Crippen molar-refractivity contribution >= 4 is 11.6 Å². The molecule has 3 aromatic rings. The van der Waals surface area contributed by atoms with Crippen LogP contribution in [0.5, 0.6) is 5.75 Å². The van der Waals surface area contributed by atoms with E-state index in [1.54, 1.807) is 13.2 Å². The topological polar surface area (TPSA) is 71.8 Å². The first-order chi connectivity index (χ1) is 16.5. The molecule has 7 nitrogen and oxygen atoms in total. The van der Waals surface area contributed by atoms with E-state index in [0.717, 1.165) is 66.5 Å². The van der Waals surface area contributed by atoms with E-state index in [1.165, 1.54) is 5.56 Å². The minimum atomic E-state index is 0.0284. The summed E-state index contributed by atoms with van der Waals surface area (Å²) in [5.41, 5.74) is 6.44. The van der Waals surface area contributed by atoms with E-state index in [9.17, 15) is 4.79 Å². The van der Waals surface area contributed by atoms with Gasteiger partial charge in [0.25, 0.3) is 0 Å². The van der Waals surface area contributed by atoms with Crippen molar-refractivity contribution in [3.63, 3.8) is 0 Å². The largest absolute Gasteiger partial charge is 0.497 e. The van der Waals surface area contributed by atoms with Crippen molar-refractivity contribution in [2.24, 2.45) is 0 Å². The van der Waals surface area contributed by atoms with Gasteiger partial charge < -0.3 is 10.1 Å². The Morgan fingerprint density at radius 3 is 2.79 bits per heavy atom. The fourth-order valence-corrected chi connectivity index (χ4v) is 4.83. The number of aryl methyl sites for hydroxylation is 2. The Labute approximate surface area is 201 Å². The maximum Gasteiger partial charge on any atom is 0.220 e. The number of carbonyl (C=O) groups is 1. The highest BCUT2D eigenvalue weighted by Crippen LogP contribution is 2.29. The molecule has 0 aliphatic carbocycles. The summed E-state index contributed by atoms with van der Waals surface area (Å²) in [5.74, 6) is 1.38. The first kappa shape index (κ1) is 24.0. The lowest BCUT2D eigenvalue weighted by molar-refractivity contribution is -0.120. The molecule has 1 N–H and O–H groups in total. The molecule has 0 unspecified atom stereocenters. The number of rotatable bonds is 9. The predicted molar refractivity (Wildman–Crippen MR) is 134 cm³/mol. The van der Waals surface area contributed by atoms with E-state index in [4.69, 9.17) is 14.8 Å². The molecule has 1 aliphatic rings. The molecule has 180 valence electrons. The second-order valence-electron chi connectivity index (χ2n) is 9.10. The van der Waals surface area contributed by atoms with Gasteiger partial charge in [-0.3, -0.25) is 9.69 Å². The molecule has 4 rings (SSSR count). The number of aromatic nitrogens is 3. The van der Waals surface area contributed by atoms with E-state index in [0.29, 0.717) is 25.3 Å². The van der Waals surface area contributed by atoms with E-state index < -0.39 is 0 Å². The summed E-state index contributed by atoms with van der Waals surface area (Å²) in [4.78, 5) is 19.3. The summed E-state index contributed by atoms with van der Waals surface area (Å²) < 4.78 is 7.32. The van der Waals surface area contributed by atoms with Crippen LogP contribution in [-0.2, 0) is 17.8 Å². The standard InChI is InChI=1S/C27H35N5O2/c1-5-13-28-27(33)10-9-24-19(2)29-26-17-25(30-32(26)20(24)3)22-11-14-31(15-12-22)18-21-7-6-8-23(16-21)34-4/h5-8,16-17,22H,1,9-15,18H2,2-4H3,(H,28,33). The number of methoxy groups -OCH3 is 1. The van der Waals surface area contributed by atoms with Gasteiger partial charge in [-0.1, -0.05) is 18.2 Å². The van der Waals surface area contributed by atoms with Gasteiger partial charge in [-0.05, 0) is 69.5 Å². The van der Waals surface area contributed by atoms with Crippen LogP contribution in [-0.4, -0.2) is 52.1 Å². The second kappa shape index (κ2) is 10.8. The monoisotopic (exact) mass is 461 g/mol. The number of nitrogens with zero attached hydrogens (tertiary/aromatic N) is 4. The molecular formula is C27H35N5O2. The van der Waals surface area contributed by atoms with Gasteiger partial charge in [0.05, 0.1) is 12.8 Å². The molecule has 1 saturated heterocycles. The summed E-state index contributed by atoms with van der Waals surface area (Å²) in [6, 6.07) is 10.5. The number of amides is 1. The van der Waals surface area contributed by atoms with Gasteiger partial charge in [-0.25, -0.2) is 9.50 Å². The van der Waals surface area contributed by atoms with Gasteiger partial charge in [-0.15, -0.1) is 6.58 Å². The van der Waals surface area contributed by atoms with Crippen molar-refractivity contribution in [2.45, 2.75) is 52.0 Å². The highest BCUT2D eigenvalue weighted by atomic mass is 16.5. The van der Waals surface area contributed by atoms with Crippen LogP contribution in [0.2, 0.25) is 0 Å². The van der Waals surface area contributed by atoms with Gasteiger partial charge in [0, 0.05) is 42.9 Å². The number of carbonyl (C=O) groups excluding carboxylic acids is 1. The number of benzene rings is 1. The first-order valence-electron chi connectivity index (χ1n) is 12.1. The summed E-state index contributed by atoms with van der Waals surface area (Å²) >= 11 is 0. The van der Waals surface area contributed by atoms with Crippen LogP contribution in [0, 0.1) is 13.8 Å². The third kappa shape index (κ3) is 5.47. The SMILES string of the molecule is C=CCNC(=O)CCc1c(C)nc2cc(C3CCN(Cc4cccc(OC)c4)CC3)nn2c1C. The first-order valence-corrected chi connectivity index (χ1v) is 12.1. The number of nitrogens with one attached hydrogen (secondary N) is 1. The van der Waals surface area contributed by atoms with E-state index in [1.807, 2.05) is 17.5 Å². The maximum absolute atomic E-state index is 12.0. The molecule has 1 amide bonds. The average Bonchev–Trinajstić information content (AvgIpc) is 3.27. The van der Waals surface area contributed by atoms with Crippen LogP contribution >= 0.6 is 0 Å². The van der Waals surface area contributed by atoms with E-state index in [-0.39, 0.29) is 5.91 Å². The third-order valence-corrected chi connectivity index (χ3v) is 6.77. The zero-order valence-electron chi connectivity index (χ0n) is 20.5. The van der Waals surface area contributed by atoms with Gasteiger partial charge in [0.15, 0.2) is 5.65 Å². The quantitative estimate of drug-likeness (QED) is 0.488. The molecular weight excluding hydrogens is 426 g/mol. The smallest absolute Gasteiger partial charge is 0.220 e. The van der Waals surface area contributed by atoms with Gasteiger partial charge in [-0.2, -0.15) is 5.10 Å². The normalized spacial score (nSPS) is 14.9. The molecule has 7 heteroatoms. The molecule has 0 spiro atoms. The van der Waals surface area contributed by atoms with Crippen LogP contribution in [0.4, 0.5) is 0 Å². The average molecular weight is 462 g/mol. The lowest BCUT2D eigenvalue weighted by Crippen LogP contribution is -2.32. The molecule has 0 radical (unpaired) electrons. The minimum Gasteiger partial charge on any atom is -0.497 e. The zero-order valence-corrected chi connectivity index (χ0v) is 20.5. The number of hydrogen-bond acceptors (Lipinski definition) is 5. The number of fused-ring (bicyclic) bond motifs is 1. The summed E-state index contributed by atoms with van der Waals surface area (Å²) in [6.45, 7) is 11.3. The highest BCUT2D eigenvalue weighted by Gasteiger charge is 2.24. The molecule has 0 saturated carbocycles. The van der Waals surface area contributed by atoms with Gasteiger partial charge in [0.1, 0.15) is 5.75 Å². The summed E-state index contributed by atoms with van der Waals surface area (Å²) in [6.07, 6.45) is 4.95. The molecule has 3 heterocycles. The maximum atomic E-state index is 12.0. The summed E-state index contributed by atoms with van der Waals surface area (Å²) in [7, 11) is 1.71. The van der Waals surface area contributed by atoms with Crippen molar-refractivity contribution in [2.75, 3.05) is 26.7 Å². The molecule has 0 atom stereocenters. The Bertz CT molecular complexity index is 1160. The molecule has 0 bridgehead atoms. The van der Waals surface area contributed by atoms with Crippen LogP contribution < -0.4 is 10.1 Å². The van der Waals surface area contributed by atoms with Crippen molar-refractivity contribution in [1.82, 2.24) is 24.8 Å². The predicted octanol–water partition coefficient (Wildman–Crippen LogP) is 3.97. The number of ether oxygens (including phenoxy) is 1. The number of piperidine rings is 1. The molecule has 34 heavy (non-hydrogen) atoms. The highest BCUT2D eigenvalue weighted by molar-refractivity contribution is 5.76. The second-order valence-corrected chi connectivity index (χ2v) is 9.10. The third-order valence-electron chi connectivity index (χ3n) is 6.77. The van der Waals surface area contributed by atoms with Crippen molar-refractivity contribution in [3.8, 4) is 5.75 Å². The number of likely N-dealkylation sites (tertiary alicyclic amines) is 1. The summed E-state index contributed by atoms with van der Waals surface area (Å²) in [5, 5.41) is 7.79. The fourth-order valence-electron chi connectivity index (χ4n) is 4.83. The Morgan fingerprint density at radius 1 is 1.26 bits per heavy atom. The van der Waals surface area contributed by atoms with Crippen molar-refractivity contribution in [3.05, 3.63) is 71.2 Å². The van der Waals surface area contributed by atoms with Gasteiger partial charge in [0.2, 0.25) is 5.91 Å². The lowest BCUT2D eigenvalue weighted by atomic mass is 9.93. The molecule has 1 aliphatic heterocycles. The Morgan fingerprint density at radius 2 is 2.06 bits per heavy atom. The van der Waals surface area contributed by atoms with Crippen LogP contribution in [0.1, 0.15) is 53.4 Å². The van der Waals surface area contributed by atoms with Crippen LogP contribution in [0.25, 0.3) is 5.65 Å². The minimum absolute atomic E-state index is 0.0284. The zero-order chi connectivity index (χ0) is 24.1. The van der Waals surface area contributed by atoms with Crippen LogP contribution in [0.3, 0.4) is 0 Å². The fraction of sp³-hybridized carbons (Fsp3) is 0.444. The van der Waals surface area contributed by atoms with Crippen molar-refractivity contribution < 1.29 is 9.53 Å². The number of hydrogen-bond donors (Lipinski definition) is 1. The van der Waals surface area contributed by atoms with E-state index >= 15 is 0 Å². The molecule has 2 aromatic heterocycles.